The lowest BCUT2D eigenvalue weighted by Crippen LogP contribution is -2.32. The highest BCUT2D eigenvalue weighted by molar-refractivity contribution is 5.96. The molecule has 0 atom stereocenters. The molecule has 4 heteroatoms. The van der Waals surface area contributed by atoms with Crippen molar-refractivity contribution >= 4 is 5.78 Å². The van der Waals surface area contributed by atoms with E-state index in [4.69, 9.17) is 5.11 Å². The van der Waals surface area contributed by atoms with Crippen molar-refractivity contribution in [2.45, 2.75) is 71.6 Å². The van der Waals surface area contributed by atoms with Gasteiger partial charge < -0.3 is 5.11 Å². The first kappa shape index (κ1) is 23.0. The Kier molecular flexibility index (Phi) is 10.5. The third kappa shape index (κ3) is 6.24. The van der Waals surface area contributed by atoms with E-state index >= 15 is 0 Å². The van der Waals surface area contributed by atoms with Gasteiger partial charge in [0, 0.05) is 24.2 Å². The SMILES string of the molecule is CC.CC.O=C(CO)c1cnc(CC2(c3ccccc3)CCCCC2)nc1. The number of aliphatic hydroxyl groups is 1. The minimum Gasteiger partial charge on any atom is -0.388 e. The summed E-state index contributed by atoms with van der Waals surface area (Å²) in [7, 11) is 0. The molecule has 1 aliphatic carbocycles. The van der Waals surface area contributed by atoms with Crippen molar-refractivity contribution in [1.82, 2.24) is 9.97 Å². The predicted octanol–water partition coefficient (Wildman–Crippen LogP) is 5.15. The number of hydrogen-bond acceptors (Lipinski definition) is 4. The first-order valence-electron chi connectivity index (χ1n) is 10.2. The number of benzene rings is 1. The molecule has 2 aromatic rings. The van der Waals surface area contributed by atoms with Crippen molar-refractivity contribution in [3.05, 3.63) is 59.7 Å². The van der Waals surface area contributed by atoms with Gasteiger partial charge in [-0.15, -0.1) is 0 Å². The summed E-state index contributed by atoms with van der Waals surface area (Å²) in [5, 5.41) is 8.90. The molecule has 0 radical (unpaired) electrons. The largest absolute Gasteiger partial charge is 0.388 e. The minimum absolute atomic E-state index is 0.0992. The standard InChI is InChI=1S/C19H22N2O2.2C2H6/c22-14-17(23)15-12-20-18(21-13-15)11-19(9-5-2-6-10-19)16-7-3-1-4-8-16;2*1-2/h1,3-4,7-8,12-13,22H,2,5-6,9-11,14H2;2*1-2H3. The molecule has 0 unspecified atom stereocenters. The molecule has 27 heavy (non-hydrogen) atoms. The molecule has 1 aliphatic rings. The van der Waals surface area contributed by atoms with Crippen LogP contribution in [0.5, 0.6) is 0 Å². The first-order valence-corrected chi connectivity index (χ1v) is 10.2. The van der Waals surface area contributed by atoms with E-state index in [2.05, 4.69) is 34.2 Å². The van der Waals surface area contributed by atoms with Crippen molar-refractivity contribution in [3.63, 3.8) is 0 Å². The van der Waals surface area contributed by atoms with Crippen LogP contribution in [0.25, 0.3) is 0 Å². The molecule has 0 spiro atoms. The van der Waals surface area contributed by atoms with Gasteiger partial charge >= 0.3 is 0 Å². The third-order valence-electron chi connectivity index (χ3n) is 4.86. The van der Waals surface area contributed by atoms with Crippen LogP contribution in [0.15, 0.2) is 42.7 Å². The number of carbonyl (C=O) groups is 1. The summed E-state index contributed by atoms with van der Waals surface area (Å²) in [6, 6.07) is 10.6. The van der Waals surface area contributed by atoms with E-state index in [1.54, 1.807) is 0 Å². The number of ketones is 1. The van der Waals surface area contributed by atoms with Crippen LogP contribution in [-0.2, 0) is 11.8 Å². The van der Waals surface area contributed by atoms with Crippen LogP contribution in [0.2, 0.25) is 0 Å². The van der Waals surface area contributed by atoms with E-state index in [0.717, 1.165) is 25.1 Å². The van der Waals surface area contributed by atoms with Gasteiger partial charge in [-0.1, -0.05) is 77.3 Å². The Morgan fingerprint density at radius 2 is 1.52 bits per heavy atom. The summed E-state index contributed by atoms with van der Waals surface area (Å²) < 4.78 is 0. The molecule has 1 aromatic heterocycles. The van der Waals surface area contributed by atoms with Gasteiger partial charge in [-0.2, -0.15) is 0 Å². The van der Waals surface area contributed by atoms with Crippen molar-refractivity contribution in [2.75, 3.05) is 6.61 Å². The normalized spacial score (nSPS) is 14.9. The van der Waals surface area contributed by atoms with E-state index < -0.39 is 6.61 Å². The highest BCUT2D eigenvalue weighted by Crippen LogP contribution is 2.41. The van der Waals surface area contributed by atoms with Gasteiger partial charge in [-0.05, 0) is 18.4 Å². The Morgan fingerprint density at radius 3 is 2.04 bits per heavy atom. The van der Waals surface area contributed by atoms with Crippen LogP contribution < -0.4 is 0 Å². The molecule has 4 nitrogen and oxygen atoms in total. The second-order valence-corrected chi connectivity index (χ2v) is 6.35. The van der Waals surface area contributed by atoms with Gasteiger partial charge in [-0.25, -0.2) is 9.97 Å². The molecule has 1 heterocycles. The maximum absolute atomic E-state index is 11.5. The molecule has 1 saturated carbocycles. The van der Waals surface area contributed by atoms with Crippen LogP contribution in [0, 0.1) is 0 Å². The summed E-state index contributed by atoms with van der Waals surface area (Å²) in [5.41, 5.74) is 1.83. The summed E-state index contributed by atoms with van der Waals surface area (Å²) in [6.45, 7) is 7.50. The zero-order chi connectivity index (χ0) is 20.1. The number of aromatic nitrogens is 2. The highest BCUT2D eigenvalue weighted by atomic mass is 16.3. The molecule has 0 amide bonds. The van der Waals surface area contributed by atoms with Crippen molar-refractivity contribution < 1.29 is 9.90 Å². The lowest BCUT2D eigenvalue weighted by molar-refractivity contribution is 0.0903. The lowest BCUT2D eigenvalue weighted by atomic mass is 9.67. The average molecular weight is 371 g/mol. The summed E-state index contributed by atoms with van der Waals surface area (Å²) in [6.07, 6.45) is 9.91. The van der Waals surface area contributed by atoms with Gasteiger partial charge in [-0.3, -0.25) is 4.79 Å². The molecule has 0 bridgehead atoms. The fraction of sp³-hybridized carbons (Fsp3) is 0.522. The lowest BCUT2D eigenvalue weighted by Gasteiger charge is -2.37. The predicted molar refractivity (Wildman–Crippen MR) is 111 cm³/mol. The quantitative estimate of drug-likeness (QED) is 0.739. The minimum atomic E-state index is -0.503. The maximum Gasteiger partial charge on any atom is 0.191 e. The number of Topliss-reactive ketones (excluding diaryl/α,β-unsaturated/α-hetero) is 1. The summed E-state index contributed by atoms with van der Waals surface area (Å²) in [4.78, 5) is 20.2. The van der Waals surface area contributed by atoms with Gasteiger partial charge in [0.25, 0.3) is 0 Å². The molecular weight excluding hydrogens is 336 g/mol. The molecule has 0 saturated heterocycles. The van der Waals surface area contributed by atoms with E-state index in [1.165, 1.54) is 37.2 Å². The van der Waals surface area contributed by atoms with E-state index in [9.17, 15) is 4.79 Å². The Balaban J connectivity index is 0.000000855. The Hall–Kier alpha value is -2.07. The van der Waals surface area contributed by atoms with Gasteiger partial charge in [0.2, 0.25) is 0 Å². The van der Waals surface area contributed by atoms with Crippen molar-refractivity contribution in [2.24, 2.45) is 0 Å². The zero-order valence-corrected chi connectivity index (χ0v) is 17.2. The van der Waals surface area contributed by atoms with Crippen molar-refractivity contribution in [3.8, 4) is 0 Å². The number of hydrogen-bond donors (Lipinski definition) is 1. The van der Waals surface area contributed by atoms with Crippen LogP contribution in [0.3, 0.4) is 0 Å². The summed E-state index contributed by atoms with van der Waals surface area (Å²) in [5.74, 6) is 0.428. The number of nitrogens with zero attached hydrogens (tertiary/aromatic N) is 2. The topological polar surface area (TPSA) is 63.1 Å². The molecule has 1 aromatic carbocycles. The molecule has 3 rings (SSSR count). The molecule has 1 N–H and O–H groups in total. The fourth-order valence-electron chi connectivity index (χ4n) is 3.57. The van der Waals surface area contributed by atoms with Gasteiger partial charge in [0.1, 0.15) is 12.4 Å². The van der Waals surface area contributed by atoms with Crippen molar-refractivity contribution in [1.29, 1.82) is 0 Å². The second-order valence-electron chi connectivity index (χ2n) is 6.35. The fourth-order valence-corrected chi connectivity index (χ4v) is 3.57. The van der Waals surface area contributed by atoms with Crippen LogP contribution in [0.1, 0.15) is 81.5 Å². The zero-order valence-electron chi connectivity index (χ0n) is 17.2. The smallest absolute Gasteiger partial charge is 0.191 e. The van der Waals surface area contributed by atoms with Crippen LogP contribution in [-0.4, -0.2) is 27.5 Å². The van der Waals surface area contributed by atoms with E-state index in [-0.39, 0.29) is 11.2 Å². The number of carbonyl (C=O) groups excluding carboxylic acids is 1. The Morgan fingerprint density at radius 1 is 0.963 bits per heavy atom. The first-order chi connectivity index (χ1) is 13.2. The molecular formula is C23H34N2O2. The average Bonchev–Trinajstić information content (AvgIpc) is 2.78. The molecule has 1 fully saturated rings. The summed E-state index contributed by atoms with van der Waals surface area (Å²) >= 11 is 0. The van der Waals surface area contributed by atoms with Gasteiger partial charge in [0.15, 0.2) is 5.78 Å². The van der Waals surface area contributed by atoms with Crippen LogP contribution in [0.4, 0.5) is 0 Å². The Labute approximate surface area is 164 Å². The highest BCUT2D eigenvalue weighted by Gasteiger charge is 2.34. The molecule has 148 valence electrons. The third-order valence-corrected chi connectivity index (χ3v) is 4.86. The van der Waals surface area contributed by atoms with Crippen LogP contribution >= 0.6 is 0 Å². The number of aliphatic hydroxyl groups excluding tert-OH is 1. The number of rotatable bonds is 5. The van der Waals surface area contributed by atoms with E-state index in [0.29, 0.717) is 5.56 Å². The monoisotopic (exact) mass is 370 g/mol. The Bertz CT molecular complexity index is 648. The molecule has 0 aliphatic heterocycles. The maximum atomic E-state index is 11.5. The van der Waals surface area contributed by atoms with E-state index in [1.807, 2.05) is 33.8 Å². The van der Waals surface area contributed by atoms with Gasteiger partial charge in [0.05, 0.1) is 5.56 Å². The second kappa shape index (κ2) is 12.3.